The lowest BCUT2D eigenvalue weighted by molar-refractivity contribution is -0.149. The van der Waals surface area contributed by atoms with E-state index in [2.05, 4.69) is 5.32 Å². The number of ether oxygens (including phenoxy) is 1. The second-order valence-corrected chi connectivity index (χ2v) is 4.99. The van der Waals surface area contributed by atoms with E-state index in [-0.39, 0.29) is 25.0 Å². The van der Waals surface area contributed by atoms with Crippen molar-refractivity contribution in [2.24, 2.45) is 11.3 Å². The maximum Gasteiger partial charge on any atom is 0.313 e. The van der Waals surface area contributed by atoms with Crippen molar-refractivity contribution in [1.29, 1.82) is 0 Å². The number of carbonyl (C=O) groups excluding carboxylic acids is 1. The van der Waals surface area contributed by atoms with E-state index in [4.69, 9.17) is 9.84 Å². The summed E-state index contributed by atoms with van der Waals surface area (Å²) in [6, 6.07) is -0.438. The van der Waals surface area contributed by atoms with Crippen LogP contribution in [0.4, 0.5) is 0 Å². The van der Waals surface area contributed by atoms with Crippen LogP contribution in [-0.2, 0) is 14.3 Å². The lowest BCUT2D eigenvalue weighted by Gasteiger charge is -2.26. The fourth-order valence-corrected chi connectivity index (χ4v) is 1.96. The summed E-state index contributed by atoms with van der Waals surface area (Å²) in [5, 5.41) is 12.0. The molecule has 0 aromatic rings. The summed E-state index contributed by atoms with van der Waals surface area (Å²) in [4.78, 5) is 23.0. The van der Waals surface area contributed by atoms with Crippen molar-refractivity contribution in [3.8, 4) is 0 Å². The zero-order valence-electron chi connectivity index (χ0n) is 10.7. The minimum atomic E-state index is -1.01. The van der Waals surface area contributed by atoms with Gasteiger partial charge in [0.1, 0.15) is 5.41 Å². The van der Waals surface area contributed by atoms with Crippen molar-refractivity contribution in [3.05, 3.63) is 0 Å². The van der Waals surface area contributed by atoms with Crippen LogP contribution >= 0.6 is 0 Å². The molecule has 1 rings (SSSR count). The van der Waals surface area contributed by atoms with Crippen LogP contribution in [0.25, 0.3) is 0 Å². The second kappa shape index (κ2) is 5.49. The van der Waals surface area contributed by atoms with Crippen LogP contribution in [-0.4, -0.2) is 36.2 Å². The van der Waals surface area contributed by atoms with E-state index in [1.807, 2.05) is 13.8 Å². The molecule has 0 aromatic carbocycles. The van der Waals surface area contributed by atoms with Crippen molar-refractivity contribution in [2.45, 2.75) is 39.7 Å². The first-order chi connectivity index (χ1) is 7.91. The summed E-state index contributed by atoms with van der Waals surface area (Å²) >= 11 is 0. The molecular formula is C12H21NO4. The van der Waals surface area contributed by atoms with Gasteiger partial charge in [-0.2, -0.15) is 0 Å². The molecule has 3 unspecified atom stereocenters. The Morgan fingerprint density at radius 2 is 2.24 bits per heavy atom. The molecule has 0 bridgehead atoms. The van der Waals surface area contributed by atoms with Gasteiger partial charge in [0.25, 0.3) is 0 Å². The van der Waals surface area contributed by atoms with Crippen LogP contribution in [0.1, 0.15) is 33.6 Å². The van der Waals surface area contributed by atoms with E-state index >= 15 is 0 Å². The van der Waals surface area contributed by atoms with Crippen LogP contribution < -0.4 is 5.32 Å². The predicted octanol–water partition coefficient (Wildman–Crippen LogP) is 1.03. The highest BCUT2D eigenvalue weighted by Crippen LogP contribution is 2.29. The smallest absolute Gasteiger partial charge is 0.313 e. The molecule has 0 aliphatic carbocycles. The van der Waals surface area contributed by atoms with Crippen molar-refractivity contribution < 1.29 is 19.4 Å². The maximum atomic E-state index is 11.8. The minimum absolute atomic E-state index is 0.0846. The zero-order valence-corrected chi connectivity index (χ0v) is 10.7. The zero-order chi connectivity index (χ0) is 13.1. The molecule has 0 radical (unpaired) electrons. The molecule has 1 aliphatic rings. The molecule has 2 N–H and O–H groups in total. The summed E-state index contributed by atoms with van der Waals surface area (Å²) in [5.74, 6) is -1.10. The third-order valence-corrected chi connectivity index (χ3v) is 3.43. The molecule has 98 valence electrons. The van der Waals surface area contributed by atoms with Gasteiger partial charge in [-0.3, -0.25) is 9.59 Å². The average Bonchev–Trinajstić information content (AvgIpc) is 2.62. The van der Waals surface area contributed by atoms with Gasteiger partial charge < -0.3 is 15.2 Å². The predicted molar refractivity (Wildman–Crippen MR) is 62.6 cm³/mol. The largest absolute Gasteiger partial charge is 0.481 e. The molecule has 5 nitrogen and oxygen atoms in total. The van der Waals surface area contributed by atoms with E-state index in [1.165, 1.54) is 0 Å². The molecule has 3 atom stereocenters. The lowest BCUT2D eigenvalue weighted by Crippen LogP contribution is -2.50. The molecular weight excluding hydrogens is 222 g/mol. The molecule has 1 amide bonds. The number of carbonyl (C=O) groups is 2. The van der Waals surface area contributed by atoms with Gasteiger partial charge in [-0.05, 0) is 13.3 Å². The second-order valence-electron chi connectivity index (χ2n) is 4.99. The highest BCUT2D eigenvalue weighted by molar-refractivity contribution is 5.81. The van der Waals surface area contributed by atoms with E-state index in [0.717, 1.165) is 12.8 Å². The minimum Gasteiger partial charge on any atom is -0.481 e. The fraction of sp³-hybridized carbons (Fsp3) is 0.833. The van der Waals surface area contributed by atoms with Gasteiger partial charge in [0.2, 0.25) is 5.91 Å². The Hall–Kier alpha value is -1.10. The Morgan fingerprint density at radius 1 is 1.59 bits per heavy atom. The van der Waals surface area contributed by atoms with E-state index in [9.17, 15) is 9.59 Å². The summed E-state index contributed by atoms with van der Waals surface area (Å²) in [7, 11) is 0. The molecule has 0 aromatic heterocycles. The Morgan fingerprint density at radius 3 is 2.76 bits per heavy atom. The Labute approximate surface area is 102 Å². The normalized spacial score (nSPS) is 29.9. The standard InChI is InChI=1S/C12H21NO4/c1-4-5-8(2)10(14)13-9-6-17-7-12(9,3)11(15)16/h8-9H,4-7H2,1-3H3,(H,13,14)(H,15,16). The number of hydrogen-bond acceptors (Lipinski definition) is 3. The molecule has 1 heterocycles. The Kier molecular flexibility index (Phi) is 4.51. The van der Waals surface area contributed by atoms with Crippen LogP contribution in [0.15, 0.2) is 0 Å². The third-order valence-electron chi connectivity index (χ3n) is 3.43. The number of rotatable bonds is 5. The van der Waals surface area contributed by atoms with Gasteiger partial charge in [-0.25, -0.2) is 0 Å². The molecule has 0 saturated carbocycles. The topological polar surface area (TPSA) is 75.6 Å². The number of carboxylic acids is 1. The summed E-state index contributed by atoms with van der Waals surface area (Å²) in [5.41, 5.74) is -1.01. The summed E-state index contributed by atoms with van der Waals surface area (Å²) in [6.07, 6.45) is 1.75. The van der Waals surface area contributed by atoms with Crippen molar-refractivity contribution in [1.82, 2.24) is 5.32 Å². The maximum absolute atomic E-state index is 11.8. The van der Waals surface area contributed by atoms with Gasteiger partial charge in [0.15, 0.2) is 0 Å². The first kappa shape index (κ1) is 14.0. The molecule has 5 heteroatoms. The Balaban J connectivity index is 2.62. The number of nitrogens with one attached hydrogen (secondary N) is 1. The molecule has 1 fully saturated rings. The van der Waals surface area contributed by atoms with E-state index in [1.54, 1.807) is 6.92 Å². The van der Waals surface area contributed by atoms with Gasteiger partial charge >= 0.3 is 5.97 Å². The van der Waals surface area contributed by atoms with Crippen LogP contribution in [0, 0.1) is 11.3 Å². The fourth-order valence-electron chi connectivity index (χ4n) is 1.96. The van der Waals surface area contributed by atoms with Gasteiger partial charge in [-0.15, -0.1) is 0 Å². The van der Waals surface area contributed by atoms with E-state index < -0.39 is 17.4 Å². The van der Waals surface area contributed by atoms with Crippen molar-refractivity contribution in [2.75, 3.05) is 13.2 Å². The highest BCUT2D eigenvalue weighted by atomic mass is 16.5. The number of hydrogen-bond donors (Lipinski definition) is 2. The molecule has 1 aliphatic heterocycles. The molecule has 0 spiro atoms. The average molecular weight is 243 g/mol. The number of carboxylic acid groups (broad SMARTS) is 1. The molecule has 1 saturated heterocycles. The first-order valence-electron chi connectivity index (χ1n) is 6.03. The third kappa shape index (κ3) is 2.97. The van der Waals surface area contributed by atoms with Crippen molar-refractivity contribution >= 4 is 11.9 Å². The quantitative estimate of drug-likeness (QED) is 0.756. The van der Waals surface area contributed by atoms with Crippen molar-refractivity contribution in [3.63, 3.8) is 0 Å². The van der Waals surface area contributed by atoms with Crippen LogP contribution in [0.3, 0.4) is 0 Å². The number of amides is 1. The van der Waals surface area contributed by atoms with Gasteiger partial charge in [0, 0.05) is 5.92 Å². The Bertz CT molecular complexity index is 305. The monoisotopic (exact) mass is 243 g/mol. The number of aliphatic carboxylic acids is 1. The highest BCUT2D eigenvalue weighted by Gasteiger charge is 2.47. The lowest BCUT2D eigenvalue weighted by atomic mass is 9.85. The SMILES string of the molecule is CCCC(C)C(=O)NC1COCC1(C)C(=O)O. The van der Waals surface area contributed by atoms with E-state index in [0.29, 0.717) is 0 Å². The summed E-state index contributed by atoms with van der Waals surface area (Å²) < 4.78 is 5.18. The summed E-state index contributed by atoms with van der Waals surface area (Å²) in [6.45, 7) is 5.90. The van der Waals surface area contributed by atoms with Crippen LogP contribution in [0.2, 0.25) is 0 Å². The van der Waals surface area contributed by atoms with Crippen LogP contribution in [0.5, 0.6) is 0 Å². The van der Waals surface area contributed by atoms with Gasteiger partial charge in [0.05, 0.1) is 19.3 Å². The molecule has 17 heavy (non-hydrogen) atoms. The first-order valence-corrected chi connectivity index (χ1v) is 6.03. The van der Waals surface area contributed by atoms with Gasteiger partial charge in [-0.1, -0.05) is 20.3 Å².